The molecule has 0 aliphatic rings. The zero-order valence-electron chi connectivity index (χ0n) is 22.3. The molecule has 0 saturated carbocycles. The summed E-state index contributed by atoms with van der Waals surface area (Å²) in [5, 5.41) is 0. The van der Waals surface area contributed by atoms with Gasteiger partial charge in [-0.3, -0.25) is 0 Å². The van der Waals surface area contributed by atoms with Crippen LogP contribution in [0.15, 0.2) is 121 Å². The summed E-state index contributed by atoms with van der Waals surface area (Å²) in [5.41, 5.74) is 13.4. The first-order chi connectivity index (χ1) is 19.6. The lowest BCUT2D eigenvalue weighted by atomic mass is 9.99. The zero-order valence-corrected chi connectivity index (χ0v) is 22.3. The SMILES string of the molecule is C.Cc1ccc2nc(-c3ccc(-c4nc5ccc(C)cc5nc4-c4ccccc4)cc3)c(-c3ccccc3)nc2c1. The van der Waals surface area contributed by atoms with Gasteiger partial charge in [0, 0.05) is 22.3 Å². The van der Waals surface area contributed by atoms with Crippen LogP contribution in [-0.2, 0) is 0 Å². The molecule has 0 spiro atoms. The Hall–Kier alpha value is -5.22. The Morgan fingerprint density at radius 3 is 1.02 bits per heavy atom. The highest BCUT2D eigenvalue weighted by Gasteiger charge is 2.16. The molecule has 0 saturated heterocycles. The maximum atomic E-state index is 5.09. The summed E-state index contributed by atoms with van der Waals surface area (Å²) < 4.78 is 0. The molecule has 0 aliphatic heterocycles. The number of aromatic nitrogens is 4. The monoisotopic (exact) mass is 530 g/mol. The first-order valence-corrected chi connectivity index (χ1v) is 13.4. The van der Waals surface area contributed by atoms with Gasteiger partial charge in [-0.15, -0.1) is 0 Å². The Morgan fingerprint density at radius 1 is 0.341 bits per heavy atom. The Morgan fingerprint density at radius 2 is 0.659 bits per heavy atom. The summed E-state index contributed by atoms with van der Waals surface area (Å²) >= 11 is 0. The van der Waals surface area contributed by atoms with Gasteiger partial charge in [0.2, 0.25) is 0 Å². The molecule has 0 amide bonds. The van der Waals surface area contributed by atoms with Crippen molar-refractivity contribution in [1.29, 1.82) is 0 Å². The van der Waals surface area contributed by atoms with Crippen molar-refractivity contribution in [3.05, 3.63) is 132 Å². The van der Waals surface area contributed by atoms with Crippen molar-refractivity contribution in [2.24, 2.45) is 0 Å². The van der Waals surface area contributed by atoms with Gasteiger partial charge in [-0.25, -0.2) is 19.9 Å². The smallest absolute Gasteiger partial charge is 0.0973 e. The van der Waals surface area contributed by atoms with Crippen LogP contribution in [0, 0.1) is 13.8 Å². The van der Waals surface area contributed by atoms with Gasteiger partial charge < -0.3 is 0 Å². The van der Waals surface area contributed by atoms with E-state index in [1.54, 1.807) is 0 Å². The second-order valence-electron chi connectivity index (χ2n) is 10.1. The molecule has 0 atom stereocenters. The molecule has 4 heteroatoms. The van der Waals surface area contributed by atoms with E-state index in [-0.39, 0.29) is 7.43 Å². The highest BCUT2D eigenvalue weighted by molar-refractivity contribution is 5.89. The second-order valence-corrected chi connectivity index (χ2v) is 10.1. The summed E-state index contributed by atoms with van der Waals surface area (Å²) in [7, 11) is 0. The first-order valence-electron chi connectivity index (χ1n) is 13.4. The minimum Gasteiger partial charge on any atom is -0.244 e. The van der Waals surface area contributed by atoms with Crippen molar-refractivity contribution >= 4 is 22.1 Å². The van der Waals surface area contributed by atoms with Gasteiger partial charge >= 0.3 is 0 Å². The third kappa shape index (κ3) is 4.96. The first kappa shape index (κ1) is 26.0. The number of benzene rings is 5. The molecule has 198 valence electrons. The number of hydrogen-bond acceptors (Lipinski definition) is 4. The molecular weight excluding hydrogens is 500 g/mol. The van der Waals surface area contributed by atoms with Crippen molar-refractivity contribution in [3.8, 4) is 45.0 Å². The maximum Gasteiger partial charge on any atom is 0.0973 e. The van der Waals surface area contributed by atoms with Gasteiger partial charge in [-0.1, -0.05) is 104 Å². The molecular formula is C37H30N4. The standard InChI is InChI=1S/C36H26N4.CH4/c1-23-13-19-29-31(21-23)39-33(25-9-5-3-6-10-25)35(37-29)27-15-17-28(18-16-27)36-34(26-11-7-4-8-12-26)40-32-22-24(2)14-20-30(32)38-36;/h3-22H,1-2H3;1H4. The van der Waals surface area contributed by atoms with Gasteiger partial charge in [0.05, 0.1) is 44.8 Å². The van der Waals surface area contributed by atoms with Crippen LogP contribution in [0.5, 0.6) is 0 Å². The summed E-state index contributed by atoms with van der Waals surface area (Å²) in [4.78, 5) is 20.3. The van der Waals surface area contributed by atoms with E-state index in [1.165, 1.54) is 11.1 Å². The van der Waals surface area contributed by atoms with Crippen LogP contribution in [-0.4, -0.2) is 19.9 Å². The molecule has 41 heavy (non-hydrogen) atoms. The van der Waals surface area contributed by atoms with E-state index in [4.69, 9.17) is 19.9 Å². The van der Waals surface area contributed by atoms with Crippen LogP contribution >= 0.6 is 0 Å². The van der Waals surface area contributed by atoms with E-state index in [1.807, 2.05) is 48.5 Å². The summed E-state index contributed by atoms with van der Waals surface area (Å²) in [5.74, 6) is 0. The number of hydrogen-bond donors (Lipinski definition) is 0. The number of aryl methyl sites for hydroxylation is 2. The molecule has 5 aromatic carbocycles. The van der Waals surface area contributed by atoms with E-state index in [2.05, 4.69) is 86.6 Å². The lowest BCUT2D eigenvalue weighted by Crippen LogP contribution is -1.97. The second kappa shape index (κ2) is 10.7. The molecule has 7 aromatic rings. The predicted octanol–water partition coefficient (Wildman–Crippen LogP) is 9.49. The fraction of sp³-hybridized carbons (Fsp3) is 0.0811. The van der Waals surface area contributed by atoms with Crippen molar-refractivity contribution in [1.82, 2.24) is 19.9 Å². The molecule has 0 radical (unpaired) electrons. The molecule has 0 unspecified atom stereocenters. The van der Waals surface area contributed by atoms with Gasteiger partial charge in [0.1, 0.15) is 0 Å². The van der Waals surface area contributed by atoms with Crippen LogP contribution in [0.3, 0.4) is 0 Å². The zero-order chi connectivity index (χ0) is 27.1. The lowest BCUT2D eigenvalue weighted by Gasteiger charge is -2.13. The molecule has 2 aromatic heterocycles. The lowest BCUT2D eigenvalue weighted by molar-refractivity contribution is 1.27. The minimum atomic E-state index is 0. The van der Waals surface area contributed by atoms with Crippen molar-refractivity contribution in [2.75, 3.05) is 0 Å². The number of fused-ring (bicyclic) bond motifs is 2. The molecule has 0 N–H and O–H groups in total. The van der Waals surface area contributed by atoms with Crippen LogP contribution in [0.25, 0.3) is 67.1 Å². The fourth-order valence-corrected chi connectivity index (χ4v) is 5.11. The van der Waals surface area contributed by atoms with Crippen LogP contribution in [0.2, 0.25) is 0 Å². The Labute approximate surface area is 240 Å². The Bertz CT molecular complexity index is 1850. The topological polar surface area (TPSA) is 51.6 Å². The van der Waals surface area contributed by atoms with Crippen molar-refractivity contribution < 1.29 is 0 Å². The van der Waals surface area contributed by atoms with Gasteiger partial charge in [-0.2, -0.15) is 0 Å². The highest BCUT2D eigenvalue weighted by Crippen LogP contribution is 2.35. The van der Waals surface area contributed by atoms with Gasteiger partial charge in [0.15, 0.2) is 0 Å². The van der Waals surface area contributed by atoms with Gasteiger partial charge in [0.25, 0.3) is 0 Å². The molecule has 2 heterocycles. The molecule has 0 aliphatic carbocycles. The average Bonchev–Trinajstić information content (AvgIpc) is 3.00. The Balaban J connectivity index is 0.00000302. The normalized spacial score (nSPS) is 11.0. The fourth-order valence-electron chi connectivity index (χ4n) is 5.11. The molecule has 0 bridgehead atoms. The van der Waals surface area contributed by atoms with Crippen LogP contribution in [0.1, 0.15) is 18.6 Å². The third-order valence-corrected chi connectivity index (χ3v) is 7.17. The predicted molar refractivity (Wildman–Crippen MR) is 171 cm³/mol. The van der Waals surface area contributed by atoms with E-state index in [0.29, 0.717) is 0 Å². The largest absolute Gasteiger partial charge is 0.244 e. The number of nitrogens with zero attached hydrogens (tertiary/aromatic N) is 4. The van der Waals surface area contributed by atoms with Crippen LogP contribution < -0.4 is 0 Å². The average molecular weight is 531 g/mol. The van der Waals surface area contributed by atoms with E-state index >= 15 is 0 Å². The quantitative estimate of drug-likeness (QED) is 0.227. The summed E-state index contributed by atoms with van der Waals surface area (Å²) in [6.07, 6.45) is 0. The van der Waals surface area contributed by atoms with Crippen molar-refractivity contribution in [3.63, 3.8) is 0 Å². The summed E-state index contributed by atoms with van der Waals surface area (Å²) in [6, 6.07) is 41.4. The molecule has 7 rings (SSSR count). The minimum absolute atomic E-state index is 0. The van der Waals surface area contributed by atoms with E-state index in [0.717, 1.165) is 67.1 Å². The van der Waals surface area contributed by atoms with Gasteiger partial charge in [-0.05, 0) is 49.2 Å². The van der Waals surface area contributed by atoms with Crippen LogP contribution in [0.4, 0.5) is 0 Å². The highest BCUT2D eigenvalue weighted by atomic mass is 14.8. The molecule has 4 nitrogen and oxygen atoms in total. The van der Waals surface area contributed by atoms with E-state index in [9.17, 15) is 0 Å². The maximum absolute atomic E-state index is 5.09. The molecule has 0 fully saturated rings. The summed E-state index contributed by atoms with van der Waals surface area (Å²) in [6.45, 7) is 4.16. The van der Waals surface area contributed by atoms with E-state index < -0.39 is 0 Å². The number of rotatable bonds is 4. The third-order valence-electron chi connectivity index (χ3n) is 7.17. The Kier molecular flexibility index (Phi) is 6.82. The van der Waals surface area contributed by atoms with Crippen molar-refractivity contribution in [2.45, 2.75) is 21.3 Å².